The second kappa shape index (κ2) is 8.97. The molecule has 0 N–H and O–H groups in total. The van der Waals surface area contributed by atoms with E-state index in [1.807, 2.05) is 26.7 Å². The average molecular weight is 320 g/mol. The molecule has 0 aromatic rings. The van der Waals surface area contributed by atoms with Gasteiger partial charge in [0.1, 0.15) is 5.60 Å². The maximum atomic E-state index is 12.2. The molecule has 0 spiro atoms. The van der Waals surface area contributed by atoms with E-state index in [1.165, 1.54) is 11.1 Å². The van der Waals surface area contributed by atoms with E-state index in [0.717, 1.165) is 5.47 Å². The molecule has 0 aliphatic rings. The van der Waals surface area contributed by atoms with Gasteiger partial charge in [0.15, 0.2) is 0 Å². The molecule has 0 aliphatic heterocycles. The van der Waals surface area contributed by atoms with Crippen molar-refractivity contribution in [1.29, 1.82) is 0 Å². The van der Waals surface area contributed by atoms with Crippen LogP contribution >= 0.6 is 0 Å². The summed E-state index contributed by atoms with van der Waals surface area (Å²) in [7, 11) is 0. The Morgan fingerprint density at radius 2 is 1.65 bits per heavy atom. The van der Waals surface area contributed by atoms with Crippen molar-refractivity contribution in [2.75, 3.05) is 6.54 Å². The van der Waals surface area contributed by atoms with Gasteiger partial charge in [0, 0.05) is 12.7 Å². The van der Waals surface area contributed by atoms with Crippen LogP contribution in [0.5, 0.6) is 0 Å². The molecular weight excluding hydrogens is 287 g/mol. The van der Waals surface area contributed by atoms with Gasteiger partial charge in [0.25, 0.3) is 6.85 Å². The number of carbonyl (C=O) groups excluding carboxylic acids is 1. The zero-order valence-corrected chi connectivity index (χ0v) is 15.9. The summed E-state index contributed by atoms with van der Waals surface area (Å²) in [5.74, 6) is 1.87. The minimum absolute atomic E-state index is 0.0140. The van der Waals surface area contributed by atoms with Crippen molar-refractivity contribution >= 4 is 12.9 Å². The largest absolute Gasteiger partial charge is 0.443 e. The third kappa shape index (κ3) is 7.08. The number of carbonyl (C=O) groups is 1. The van der Waals surface area contributed by atoms with Gasteiger partial charge >= 0.3 is 6.09 Å². The van der Waals surface area contributed by atoms with E-state index in [-0.39, 0.29) is 6.85 Å². The fourth-order valence-corrected chi connectivity index (χ4v) is 2.57. The summed E-state index contributed by atoms with van der Waals surface area (Å²) in [6, 6.07) is 0.682. The third-order valence-electron chi connectivity index (χ3n) is 3.38. The van der Waals surface area contributed by atoms with Crippen molar-refractivity contribution in [3.05, 3.63) is 37.4 Å². The van der Waals surface area contributed by atoms with Crippen molar-refractivity contribution in [2.45, 2.75) is 66.2 Å². The van der Waals surface area contributed by atoms with Crippen molar-refractivity contribution in [1.82, 2.24) is 9.71 Å². The summed E-state index contributed by atoms with van der Waals surface area (Å²) >= 11 is 0. The standard InChI is InChI=1S/C18H33BN2O2/c1-11-19(21(14(3)4)15(5)6)16(7)13-20(12-2)17(22)23-18(8,9)10/h11-12,14-15H,1-2,7,13H2,3-6,8-10H3. The van der Waals surface area contributed by atoms with Gasteiger partial charge in [0.2, 0.25) is 0 Å². The maximum absolute atomic E-state index is 12.2. The highest BCUT2D eigenvalue weighted by Gasteiger charge is 2.29. The topological polar surface area (TPSA) is 32.8 Å². The summed E-state index contributed by atoms with van der Waals surface area (Å²) in [5, 5.41) is 0. The minimum Gasteiger partial charge on any atom is -0.443 e. The Morgan fingerprint density at radius 3 is 1.96 bits per heavy atom. The molecule has 0 heterocycles. The molecule has 0 aromatic carbocycles. The first kappa shape index (κ1) is 21.5. The zero-order valence-electron chi connectivity index (χ0n) is 15.9. The lowest BCUT2D eigenvalue weighted by atomic mass is 9.53. The smallest absolute Gasteiger partial charge is 0.414 e. The van der Waals surface area contributed by atoms with Crippen LogP contribution in [-0.4, -0.2) is 46.9 Å². The van der Waals surface area contributed by atoms with Gasteiger partial charge < -0.3 is 9.55 Å². The van der Waals surface area contributed by atoms with Crippen LogP contribution in [0, 0.1) is 0 Å². The van der Waals surface area contributed by atoms with Crippen LogP contribution in [0.3, 0.4) is 0 Å². The molecule has 0 saturated carbocycles. The van der Waals surface area contributed by atoms with E-state index in [1.54, 1.807) is 0 Å². The van der Waals surface area contributed by atoms with Gasteiger partial charge in [-0.25, -0.2) is 4.79 Å². The van der Waals surface area contributed by atoms with Gasteiger partial charge in [-0.3, -0.25) is 4.90 Å². The molecule has 1 amide bonds. The van der Waals surface area contributed by atoms with Gasteiger partial charge in [-0.2, -0.15) is 0 Å². The molecule has 4 nitrogen and oxygen atoms in total. The normalized spacial score (nSPS) is 11.6. The summed E-state index contributed by atoms with van der Waals surface area (Å²) in [4.78, 5) is 16.0. The van der Waals surface area contributed by atoms with Gasteiger partial charge in [-0.15, -0.1) is 19.1 Å². The lowest BCUT2D eigenvalue weighted by molar-refractivity contribution is 0.0350. The van der Waals surface area contributed by atoms with Crippen LogP contribution in [0.25, 0.3) is 0 Å². The Labute approximate surface area is 143 Å². The number of ether oxygens (including phenoxy) is 1. The summed E-state index contributed by atoms with van der Waals surface area (Å²) in [6.07, 6.45) is 1.06. The van der Waals surface area contributed by atoms with Crippen molar-refractivity contribution < 1.29 is 9.53 Å². The van der Waals surface area contributed by atoms with E-state index in [2.05, 4.69) is 52.2 Å². The predicted octanol–water partition coefficient (Wildman–Crippen LogP) is 4.30. The van der Waals surface area contributed by atoms with Crippen LogP contribution in [0.2, 0.25) is 0 Å². The van der Waals surface area contributed by atoms with E-state index < -0.39 is 11.7 Å². The molecule has 0 atom stereocenters. The first-order valence-electron chi connectivity index (χ1n) is 8.14. The first-order valence-corrected chi connectivity index (χ1v) is 8.14. The first-order chi connectivity index (χ1) is 10.4. The van der Waals surface area contributed by atoms with Crippen LogP contribution < -0.4 is 0 Å². The molecule has 0 fully saturated rings. The number of rotatable bonds is 8. The summed E-state index contributed by atoms with van der Waals surface area (Å²) in [6.45, 7) is 26.2. The quantitative estimate of drug-likeness (QED) is 0.625. The van der Waals surface area contributed by atoms with Crippen molar-refractivity contribution in [3.63, 3.8) is 0 Å². The molecule has 5 heteroatoms. The Morgan fingerprint density at radius 1 is 1.17 bits per heavy atom. The Kier molecular flexibility index (Phi) is 8.39. The number of amides is 1. The van der Waals surface area contributed by atoms with Crippen LogP contribution in [0.15, 0.2) is 37.4 Å². The number of hydrogen-bond acceptors (Lipinski definition) is 3. The molecule has 23 heavy (non-hydrogen) atoms. The molecular formula is C18H33BN2O2. The molecule has 0 aromatic heterocycles. The van der Waals surface area contributed by atoms with E-state index in [9.17, 15) is 4.79 Å². The van der Waals surface area contributed by atoms with Gasteiger partial charge in [-0.1, -0.05) is 39.7 Å². The molecule has 0 rings (SSSR count). The summed E-state index contributed by atoms with van der Waals surface area (Å²) in [5.41, 5.74) is 0.340. The van der Waals surface area contributed by atoms with E-state index in [0.29, 0.717) is 18.6 Å². The third-order valence-corrected chi connectivity index (χ3v) is 3.38. The lowest BCUT2D eigenvalue weighted by Gasteiger charge is -2.36. The molecule has 130 valence electrons. The maximum Gasteiger partial charge on any atom is 0.414 e. The molecule has 0 radical (unpaired) electrons. The van der Waals surface area contributed by atoms with Crippen molar-refractivity contribution in [2.24, 2.45) is 0 Å². The van der Waals surface area contributed by atoms with Gasteiger partial charge in [0.05, 0.1) is 0 Å². The Bertz CT molecular complexity index is 431. The number of hydrogen-bond donors (Lipinski definition) is 0. The van der Waals surface area contributed by atoms with Crippen LogP contribution in [0.4, 0.5) is 4.79 Å². The van der Waals surface area contributed by atoms with Crippen molar-refractivity contribution in [3.8, 4) is 0 Å². The SMILES string of the molecule is C=CB(C(=C)CN(C=C)C(=O)OC(C)(C)C)N(C(C)C)C(C)C. The highest BCUT2D eigenvalue weighted by molar-refractivity contribution is 6.69. The molecule has 0 aliphatic carbocycles. The zero-order chi connectivity index (χ0) is 18.4. The second-order valence-corrected chi connectivity index (χ2v) is 7.26. The second-order valence-electron chi connectivity index (χ2n) is 7.26. The highest BCUT2D eigenvalue weighted by atomic mass is 16.6. The molecule has 0 bridgehead atoms. The molecule has 0 saturated heterocycles. The lowest BCUT2D eigenvalue weighted by Crippen LogP contribution is -2.50. The fourth-order valence-electron chi connectivity index (χ4n) is 2.57. The van der Waals surface area contributed by atoms with Crippen LogP contribution in [-0.2, 0) is 4.74 Å². The average Bonchev–Trinajstić information content (AvgIpc) is 2.38. The van der Waals surface area contributed by atoms with Crippen LogP contribution in [0.1, 0.15) is 48.5 Å². The van der Waals surface area contributed by atoms with E-state index in [4.69, 9.17) is 4.74 Å². The Balaban J connectivity index is 5.14. The molecule has 0 unspecified atom stereocenters. The Hall–Kier alpha value is -1.49. The fraction of sp³-hybridized carbons (Fsp3) is 0.611. The predicted molar refractivity (Wildman–Crippen MR) is 100 cm³/mol. The van der Waals surface area contributed by atoms with E-state index >= 15 is 0 Å². The number of nitrogens with zero attached hydrogens (tertiary/aromatic N) is 2. The van der Waals surface area contributed by atoms with Gasteiger partial charge in [-0.05, 0) is 32.9 Å². The highest BCUT2D eigenvalue weighted by Crippen LogP contribution is 2.17. The minimum atomic E-state index is -0.542. The monoisotopic (exact) mass is 320 g/mol. The summed E-state index contributed by atoms with van der Waals surface area (Å²) < 4.78 is 5.40.